The van der Waals surface area contributed by atoms with Crippen molar-refractivity contribution in [3.63, 3.8) is 0 Å². The van der Waals surface area contributed by atoms with Gasteiger partial charge in [-0.05, 0) is 13.0 Å². The molecule has 0 aliphatic rings. The molecule has 2 rings (SSSR count). The molecule has 0 saturated heterocycles. The van der Waals surface area contributed by atoms with Crippen LogP contribution in [0.15, 0.2) is 23.6 Å². The second-order valence-electron chi connectivity index (χ2n) is 5.64. The highest BCUT2D eigenvalue weighted by Gasteiger charge is 2.15. The van der Waals surface area contributed by atoms with Gasteiger partial charge in [0, 0.05) is 43.6 Å². The molecule has 0 fully saturated rings. The maximum Gasteiger partial charge on any atom is 0.273 e. The van der Waals surface area contributed by atoms with Crippen molar-refractivity contribution in [2.75, 3.05) is 41.0 Å². The van der Waals surface area contributed by atoms with E-state index in [1.807, 2.05) is 0 Å². The molecule has 1 aromatic heterocycles. The summed E-state index contributed by atoms with van der Waals surface area (Å²) in [6, 6.07) is 5.38. The van der Waals surface area contributed by atoms with Crippen molar-refractivity contribution >= 4 is 17.2 Å². The zero-order valence-corrected chi connectivity index (χ0v) is 16.2. The van der Waals surface area contributed by atoms with Crippen molar-refractivity contribution in [3.05, 3.63) is 34.3 Å². The van der Waals surface area contributed by atoms with Crippen molar-refractivity contribution in [2.24, 2.45) is 5.73 Å². The summed E-state index contributed by atoms with van der Waals surface area (Å²) >= 11 is 1.47. The molecule has 0 saturated carbocycles. The maximum absolute atomic E-state index is 12.4. The summed E-state index contributed by atoms with van der Waals surface area (Å²) in [7, 11) is 4.95. The monoisotopic (exact) mass is 379 g/mol. The second kappa shape index (κ2) is 9.98. The number of thiazole rings is 1. The summed E-state index contributed by atoms with van der Waals surface area (Å²) < 4.78 is 16.2. The van der Waals surface area contributed by atoms with E-state index in [2.05, 4.69) is 4.98 Å². The first-order valence-corrected chi connectivity index (χ1v) is 9.21. The molecule has 0 aliphatic heterocycles. The molecule has 1 aromatic carbocycles. The molecule has 26 heavy (non-hydrogen) atoms. The van der Waals surface area contributed by atoms with Crippen LogP contribution in [0.2, 0.25) is 0 Å². The third kappa shape index (κ3) is 5.60. The normalized spacial score (nSPS) is 10.5. The number of ether oxygens (including phenoxy) is 3. The van der Waals surface area contributed by atoms with Gasteiger partial charge in [-0.15, -0.1) is 11.3 Å². The van der Waals surface area contributed by atoms with E-state index in [0.29, 0.717) is 55.5 Å². The molecule has 1 heterocycles. The SMILES string of the molecule is COc1cc(OC)cc(OCCCN(C)C(=O)c2csc(CCN)n2)c1. The number of nitrogens with two attached hydrogens (primary N) is 1. The fourth-order valence-electron chi connectivity index (χ4n) is 2.30. The van der Waals surface area contributed by atoms with Crippen molar-refractivity contribution < 1.29 is 19.0 Å². The Hall–Kier alpha value is -2.32. The van der Waals surface area contributed by atoms with Crippen LogP contribution in [0.5, 0.6) is 17.2 Å². The van der Waals surface area contributed by atoms with Crippen LogP contribution in [-0.2, 0) is 6.42 Å². The predicted octanol–water partition coefficient (Wildman–Crippen LogP) is 2.20. The van der Waals surface area contributed by atoms with Crippen LogP contribution in [-0.4, -0.2) is 56.8 Å². The Labute approximate surface area is 157 Å². The molecule has 0 bridgehead atoms. The largest absolute Gasteiger partial charge is 0.496 e. The molecule has 2 N–H and O–H groups in total. The molecular formula is C18H25N3O4S. The van der Waals surface area contributed by atoms with Crippen LogP contribution < -0.4 is 19.9 Å². The minimum atomic E-state index is -0.0902. The van der Waals surface area contributed by atoms with Crippen molar-refractivity contribution in [1.82, 2.24) is 9.88 Å². The summed E-state index contributed by atoms with van der Waals surface area (Å²) in [4.78, 5) is 18.3. The summed E-state index contributed by atoms with van der Waals surface area (Å²) in [5, 5.41) is 2.67. The van der Waals surface area contributed by atoms with Gasteiger partial charge < -0.3 is 24.8 Å². The van der Waals surface area contributed by atoms with Crippen molar-refractivity contribution in [1.29, 1.82) is 0 Å². The molecule has 142 valence electrons. The van der Waals surface area contributed by atoms with Gasteiger partial charge in [0.25, 0.3) is 5.91 Å². The standard InChI is InChI=1S/C18H25N3O4S/c1-21(18(22)16-12-26-17(20-16)5-6-19)7-4-8-25-15-10-13(23-2)9-14(11-15)24-3/h9-12H,4-8,19H2,1-3H3. The lowest BCUT2D eigenvalue weighted by molar-refractivity contribution is 0.0782. The van der Waals surface area contributed by atoms with Gasteiger partial charge in [-0.3, -0.25) is 4.79 Å². The Morgan fingerprint density at radius 2 is 1.85 bits per heavy atom. The zero-order valence-electron chi connectivity index (χ0n) is 15.4. The van der Waals surface area contributed by atoms with E-state index < -0.39 is 0 Å². The summed E-state index contributed by atoms with van der Waals surface area (Å²) in [5.41, 5.74) is 5.98. The van der Waals surface area contributed by atoms with Gasteiger partial charge in [0.15, 0.2) is 0 Å². The van der Waals surface area contributed by atoms with Crippen LogP contribution >= 0.6 is 11.3 Å². The number of nitrogens with zero attached hydrogens (tertiary/aromatic N) is 2. The third-order valence-electron chi connectivity index (χ3n) is 3.71. The number of benzene rings is 1. The van der Waals surface area contributed by atoms with Gasteiger partial charge in [0.1, 0.15) is 22.9 Å². The Kier molecular flexibility index (Phi) is 7.68. The number of amides is 1. The first kappa shape index (κ1) is 20.0. The van der Waals surface area contributed by atoms with E-state index in [4.69, 9.17) is 19.9 Å². The summed E-state index contributed by atoms with van der Waals surface area (Å²) in [5.74, 6) is 1.92. The fourth-order valence-corrected chi connectivity index (χ4v) is 3.09. The minimum absolute atomic E-state index is 0.0902. The van der Waals surface area contributed by atoms with E-state index in [1.165, 1.54) is 11.3 Å². The van der Waals surface area contributed by atoms with E-state index in [9.17, 15) is 4.79 Å². The van der Waals surface area contributed by atoms with Gasteiger partial charge >= 0.3 is 0 Å². The van der Waals surface area contributed by atoms with Crippen LogP contribution in [0.3, 0.4) is 0 Å². The van der Waals surface area contributed by atoms with Gasteiger partial charge in [0.05, 0.1) is 25.8 Å². The van der Waals surface area contributed by atoms with Gasteiger partial charge in [0.2, 0.25) is 0 Å². The van der Waals surface area contributed by atoms with Crippen molar-refractivity contribution in [3.8, 4) is 17.2 Å². The summed E-state index contributed by atoms with van der Waals surface area (Å²) in [6.07, 6.45) is 1.39. The first-order valence-electron chi connectivity index (χ1n) is 8.33. The molecule has 0 radical (unpaired) electrons. The van der Waals surface area contributed by atoms with Crippen LogP contribution in [0.25, 0.3) is 0 Å². The second-order valence-corrected chi connectivity index (χ2v) is 6.58. The lowest BCUT2D eigenvalue weighted by Crippen LogP contribution is -2.29. The lowest BCUT2D eigenvalue weighted by Gasteiger charge is -2.16. The smallest absolute Gasteiger partial charge is 0.273 e. The predicted molar refractivity (Wildman–Crippen MR) is 101 cm³/mol. The number of hydrogen-bond acceptors (Lipinski definition) is 7. The maximum atomic E-state index is 12.4. The molecule has 0 spiro atoms. The Morgan fingerprint density at radius 3 is 2.46 bits per heavy atom. The van der Waals surface area contributed by atoms with E-state index in [0.717, 1.165) is 5.01 Å². The molecular weight excluding hydrogens is 354 g/mol. The number of hydrogen-bond donors (Lipinski definition) is 1. The van der Waals surface area contributed by atoms with Gasteiger partial charge in [-0.2, -0.15) is 0 Å². The molecule has 0 unspecified atom stereocenters. The number of carbonyl (C=O) groups excluding carboxylic acids is 1. The van der Waals surface area contributed by atoms with Crippen LogP contribution in [0.1, 0.15) is 21.9 Å². The Morgan fingerprint density at radius 1 is 1.19 bits per heavy atom. The highest BCUT2D eigenvalue weighted by atomic mass is 32.1. The minimum Gasteiger partial charge on any atom is -0.496 e. The zero-order chi connectivity index (χ0) is 18.9. The first-order chi connectivity index (χ1) is 12.6. The molecule has 0 aliphatic carbocycles. The van der Waals surface area contributed by atoms with Gasteiger partial charge in [-0.1, -0.05) is 0 Å². The molecule has 2 aromatic rings. The number of rotatable bonds is 10. The number of aromatic nitrogens is 1. The van der Waals surface area contributed by atoms with Crippen LogP contribution in [0.4, 0.5) is 0 Å². The average Bonchev–Trinajstić information content (AvgIpc) is 3.13. The van der Waals surface area contributed by atoms with Crippen LogP contribution in [0, 0.1) is 0 Å². The van der Waals surface area contributed by atoms with Crippen molar-refractivity contribution in [2.45, 2.75) is 12.8 Å². The molecule has 0 atom stereocenters. The number of carbonyl (C=O) groups is 1. The molecule has 1 amide bonds. The van der Waals surface area contributed by atoms with E-state index in [1.54, 1.807) is 49.7 Å². The van der Waals surface area contributed by atoms with E-state index >= 15 is 0 Å². The molecule has 7 nitrogen and oxygen atoms in total. The van der Waals surface area contributed by atoms with Gasteiger partial charge in [-0.25, -0.2) is 4.98 Å². The molecule has 8 heteroatoms. The Balaban J connectivity index is 1.80. The average molecular weight is 379 g/mol. The number of methoxy groups -OCH3 is 2. The Bertz CT molecular complexity index is 698. The highest BCUT2D eigenvalue weighted by molar-refractivity contribution is 7.09. The van der Waals surface area contributed by atoms with E-state index in [-0.39, 0.29) is 5.91 Å². The lowest BCUT2D eigenvalue weighted by atomic mass is 10.3. The summed E-state index contributed by atoms with van der Waals surface area (Å²) in [6.45, 7) is 1.58. The highest BCUT2D eigenvalue weighted by Crippen LogP contribution is 2.27. The fraction of sp³-hybridized carbons (Fsp3) is 0.444. The third-order valence-corrected chi connectivity index (χ3v) is 4.62. The quantitative estimate of drug-likeness (QED) is 0.637. The topological polar surface area (TPSA) is 86.9 Å².